The standard InChI is InChI=1S/C13H12BrClN2O/c1-8(16)12-4-3-10(7-17-12)18-13-5-2-9(15)6-11(13)14/h2-8H,16H2,1H3/t8-/m0/s1. The molecule has 2 rings (SSSR count). The van der Waals surface area contributed by atoms with Gasteiger partial charge in [-0.1, -0.05) is 11.6 Å². The lowest BCUT2D eigenvalue weighted by Crippen LogP contribution is -2.06. The Balaban J connectivity index is 2.18. The normalized spacial score (nSPS) is 12.2. The van der Waals surface area contributed by atoms with Crippen LogP contribution in [-0.2, 0) is 0 Å². The molecular weight excluding hydrogens is 316 g/mol. The van der Waals surface area contributed by atoms with Crippen LogP contribution in [0.25, 0.3) is 0 Å². The van der Waals surface area contributed by atoms with Crippen molar-refractivity contribution in [1.82, 2.24) is 4.98 Å². The number of nitrogens with two attached hydrogens (primary N) is 1. The Morgan fingerprint density at radius 2 is 2.11 bits per heavy atom. The summed E-state index contributed by atoms with van der Waals surface area (Å²) in [5.41, 5.74) is 6.56. The second kappa shape index (κ2) is 5.69. The van der Waals surface area contributed by atoms with E-state index in [4.69, 9.17) is 22.1 Å². The highest BCUT2D eigenvalue weighted by molar-refractivity contribution is 9.10. The maximum Gasteiger partial charge on any atom is 0.145 e. The third-order valence-corrected chi connectivity index (χ3v) is 3.20. The highest BCUT2D eigenvalue weighted by atomic mass is 79.9. The minimum atomic E-state index is -0.0821. The predicted molar refractivity (Wildman–Crippen MR) is 76.1 cm³/mol. The number of hydrogen-bond acceptors (Lipinski definition) is 3. The molecule has 0 bridgehead atoms. The van der Waals surface area contributed by atoms with Gasteiger partial charge in [0.25, 0.3) is 0 Å². The molecule has 1 heterocycles. The van der Waals surface area contributed by atoms with Gasteiger partial charge in [-0.3, -0.25) is 4.98 Å². The van der Waals surface area contributed by atoms with E-state index < -0.39 is 0 Å². The highest BCUT2D eigenvalue weighted by Crippen LogP contribution is 2.31. The van der Waals surface area contributed by atoms with Gasteiger partial charge in [0.05, 0.1) is 16.4 Å². The van der Waals surface area contributed by atoms with E-state index in [1.165, 1.54) is 0 Å². The molecule has 94 valence electrons. The molecule has 0 aliphatic carbocycles. The van der Waals surface area contributed by atoms with Crippen LogP contribution in [0.3, 0.4) is 0 Å². The van der Waals surface area contributed by atoms with Crippen molar-refractivity contribution in [3.8, 4) is 11.5 Å². The summed E-state index contributed by atoms with van der Waals surface area (Å²) < 4.78 is 6.49. The molecule has 0 saturated carbocycles. The Morgan fingerprint density at radius 1 is 1.33 bits per heavy atom. The summed E-state index contributed by atoms with van der Waals surface area (Å²) in [5.74, 6) is 1.34. The molecule has 0 radical (unpaired) electrons. The molecule has 3 nitrogen and oxygen atoms in total. The van der Waals surface area contributed by atoms with Gasteiger partial charge >= 0.3 is 0 Å². The van der Waals surface area contributed by atoms with Gasteiger partial charge in [-0.25, -0.2) is 0 Å². The van der Waals surface area contributed by atoms with E-state index in [1.54, 1.807) is 24.4 Å². The fourth-order valence-corrected chi connectivity index (χ4v) is 2.17. The van der Waals surface area contributed by atoms with Gasteiger partial charge < -0.3 is 10.5 Å². The van der Waals surface area contributed by atoms with Crippen molar-refractivity contribution in [3.05, 3.63) is 51.7 Å². The minimum absolute atomic E-state index is 0.0821. The molecule has 2 aromatic rings. The van der Waals surface area contributed by atoms with E-state index in [-0.39, 0.29) is 6.04 Å². The second-order valence-electron chi connectivity index (χ2n) is 3.88. The van der Waals surface area contributed by atoms with E-state index in [0.717, 1.165) is 10.2 Å². The van der Waals surface area contributed by atoms with Gasteiger partial charge in [-0.2, -0.15) is 0 Å². The van der Waals surface area contributed by atoms with Crippen LogP contribution in [0.15, 0.2) is 41.0 Å². The summed E-state index contributed by atoms with van der Waals surface area (Å²) in [6.07, 6.45) is 1.65. The van der Waals surface area contributed by atoms with E-state index in [1.807, 2.05) is 19.1 Å². The molecule has 5 heteroatoms. The molecule has 1 aromatic carbocycles. The Hall–Kier alpha value is -1.10. The topological polar surface area (TPSA) is 48.1 Å². The molecule has 0 amide bonds. The largest absolute Gasteiger partial charge is 0.455 e. The summed E-state index contributed by atoms with van der Waals surface area (Å²) in [5, 5.41) is 0.652. The van der Waals surface area contributed by atoms with Gasteiger partial charge in [-0.05, 0) is 53.2 Å². The second-order valence-corrected chi connectivity index (χ2v) is 5.18. The Kier molecular flexibility index (Phi) is 4.22. The maximum atomic E-state index is 5.86. The van der Waals surface area contributed by atoms with Crippen LogP contribution in [0.4, 0.5) is 0 Å². The lowest BCUT2D eigenvalue weighted by atomic mass is 10.2. The number of ether oxygens (including phenoxy) is 1. The Morgan fingerprint density at radius 3 is 2.67 bits per heavy atom. The van der Waals surface area contributed by atoms with Crippen LogP contribution in [-0.4, -0.2) is 4.98 Å². The molecule has 0 fully saturated rings. The van der Waals surface area contributed by atoms with Crippen molar-refractivity contribution < 1.29 is 4.74 Å². The summed E-state index contributed by atoms with van der Waals surface area (Å²) in [6.45, 7) is 1.89. The van der Waals surface area contributed by atoms with Gasteiger partial charge in [0.1, 0.15) is 11.5 Å². The minimum Gasteiger partial charge on any atom is -0.455 e. The third kappa shape index (κ3) is 3.22. The lowest BCUT2D eigenvalue weighted by Gasteiger charge is -2.09. The van der Waals surface area contributed by atoms with Crippen molar-refractivity contribution in [2.75, 3.05) is 0 Å². The van der Waals surface area contributed by atoms with E-state index in [0.29, 0.717) is 16.5 Å². The Bertz CT molecular complexity index is 543. The van der Waals surface area contributed by atoms with Gasteiger partial charge in [0.15, 0.2) is 0 Å². The predicted octanol–water partition coefficient (Wildman–Crippen LogP) is 4.31. The zero-order valence-corrected chi connectivity index (χ0v) is 12.1. The van der Waals surface area contributed by atoms with Crippen molar-refractivity contribution in [2.24, 2.45) is 5.73 Å². The number of benzene rings is 1. The third-order valence-electron chi connectivity index (χ3n) is 2.35. The number of nitrogens with zero attached hydrogens (tertiary/aromatic N) is 1. The smallest absolute Gasteiger partial charge is 0.145 e. The first-order valence-corrected chi connectivity index (χ1v) is 6.58. The molecule has 18 heavy (non-hydrogen) atoms. The number of pyridine rings is 1. The fraction of sp³-hybridized carbons (Fsp3) is 0.154. The average molecular weight is 328 g/mol. The first kappa shape index (κ1) is 13.3. The van der Waals surface area contributed by atoms with Crippen molar-refractivity contribution in [1.29, 1.82) is 0 Å². The average Bonchev–Trinajstić information content (AvgIpc) is 2.33. The zero-order chi connectivity index (χ0) is 13.1. The van der Waals surface area contributed by atoms with E-state index in [9.17, 15) is 0 Å². The summed E-state index contributed by atoms with van der Waals surface area (Å²) >= 11 is 9.26. The molecule has 0 unspecified atom stereocenters. The van der Waals surface area contributed by atoms with Crippen LogP contribution in [0, 0.1) is 0 Å². The van der Waals surface area contributed by atoms with Crippen LogP contribution in [0.2, 0.25) is 5.02 Å². The van der Waals surface area contributed by atoms with E-state index >= 15 is 0 Å². The molecule has 0 aliphatic heterocycles. The summed E-state index contributed by atoms with van der Waals surface area (Å²) in [6, 6.07) is 8.95. The number of rotatable bonds is 3. The monoisotopic (exact) mass is 326 g/mol. The SMILES string of the molecule is C[C@H](N)c1ccc(Oc2ccc(Cl)cc2Br)cn1. The summed E-state index contributed by atoms with van der Waals surface area (Å²) in [4.78, 5) is 4.23. The van der Waals surface area contributed by atoms with Gasteiger partial charge in [-0.15, -0.1) is 0 Å². The molecule has 0 spiro atoms. The summed E-state index contributed by atoms with van der Waals surface area (Å²) in [7, 11) is 0. The van der Waals surface area contributed by atoms with Crippen molar-refractivity contribution in [3.63, 3.8) is 0 Å². The fourth-order valence-electron chi connectivity index (χ4n) is 1.41. The number of hydrogen-bond donors (Lipinski definition) is 1. The molecule has 0 aliphatic rings. The van der Waals surface area contributed by atoms with E-state index in [2.05, 4.69) is 20.9 Å². The van der Waals surface area contributed by atoms with Gasteiger partial charge in [0, 0.05) is 11.1 Å². The molecule has 1 aromatic heterocycles. The van der Waals surface area contributed by atoms with Crippen molar-refractivity contribution in [2.45, 2.75) is 13.0 Å². The van der Waals surface area contributed by atoms with Crippen molar-refractivity contribution >= 4 is 27.5 Å². The first-order valence-electron chi connectivity index (χ1n) is 5.40. The van der Waals surface area contributed by atoms with Crippen LogP contribution in [0.5, 0.6) is 11.5 Å². The molecule has 0 saturated heterocycles. The van der Waals surface area contributed by atoms with Crippen LogP contribution < -0.4 is 10.5 Å². The van der Waals surface area contributed by atoms with Crippen LogP contribution >= 0.6 is 27.5 Å². The molecule has 2 N–H and O–H groups in total. The van der Waals surface area contributed by atoms with Crippen LogP contribution in [0.1, 0.15) is 18.7 Å². The first-order chi connectivity index (χ1) is 8.56. The maximum absolute atomic E-state index is 5.86. The number of halogens is 2. The lowest BCUT2D eigenvalue weighted by molar-refractivity contribution is 0.476. The number of aromatic nitrogens is 1. The Labute approximate surface area is 119 Å². The molecule has 1 atom stereocenters. The quantitative estimate of drug-likeness (QED) is 0.914. The highest BCUT2D eigenvalue weighted by Gasteiger charge is 2.05. The molecular formula is C13H12BrClN2O. The zero-order valence-electron chi connectivity index (χ0n) is 9.73. The van der Waals surface area contributed by atoms with Gasteiger partial charge in [0.2, 0.25) is 0 Å².